The Kier molecular flexibility index (Phi) is 3.12. The van der Waals surface area contributed by atoms with Crippen LogP contribution in [0.2, 0.25) is 0 Å². The molecule has 2 aromatic rings. The fraction of sp³-hybridized carbons (Fsp3) is 0.111. The van der Waals surface area contributed by atoms with Gasteiger partial charge in [0.15, 0.2) is 11.3 Å². The van der Waals surface area contributed by atoms with Crippen LogP contribution < -0.4 is 10.3 Å². The van der Waals surface area contributed by atoms with Crippen LogP contribution in [-0.4, -0.2) is 16.9 Å². The van der Waals surface area contributed by atoms with E-state index in [1.54, 1.807) is 13.2 Å². The molecule has 0 radical (unpaired) electrons. The second-order valence-corrected chi connectivity index (χ2v) is 5.29. The molecule has 0 aliphatic carbocycles. The molecule has 0 aromatic heterocycles. The van der Waals surface area contributed by atoms with Crippen molar-refractivity contribution in [3.8, 4) is 17.2 Å². The lowest BCUT2D eigenvalue weighted by molar-refractivity contribution is 0.409. The Morgan fingerprint density at radius 2 is 1.96 bits per heavy atom. The maximum absolute atomic E-state index is 12.5. The Balaban J connectivity index is 1.89. The van der Waals surface area contributed by atoms with E-state index in [9.17, 15) is 4.79 Å². The van der Waals surface area contributed by atoms with Gasteiger partial charge in [-0.15, -0.1) is 5.10 Å². The highest BCUT2D eigenvalue weighted by molar-refractivity contribution is 5.86. The second kappa shape index (κ2) is 5.28. The van der Waals surface area contributed by atoms with Crippen LogP contribution in [-0.2, 0) is 6.54 Å². The van der Waals surface area contributed by atoms with E-state index in [0.717, 1.165) is 10.9 Å². The van der Waals surface area contributed by atoms with E-state index in [-0.39, 0.29) is 5.56 Å². The van der Waals surface area contributed by atoms with Crippen molar-refractivity contribution in [2.24, 2.45) is 0 Å². The fourth-order valence-corrected chi connectivity index (χ4v) is 2.67. The molecule has 0 unspecified atom stereocenters. The summed E-state index contributed by atoms with van der Waals surface area (Å²) >= 11 is 0. The average Bonchev–Trinajstić information content (AvgIpc) is 2.89. The minimum Gasteiger partial charge on any atom is -0.493 e. The molecule has 0 amide bonds. The Bertz CT molecular complexity index is 1000. The van der Waals surface area contributed by atoms with E-state index in [1.807, 2.05) is 48.5 Å². The van der Waals surface area contributed by atoms with Crippen LogP contribution in [0.3, 0.4) is 0 Å². The summed E-state index contributed by atoms with van der Waals surface area (Å²) in [6.07, 6.45) is 0. The average molecular weight is 306 g/mol. The van der Waals surface area contributed by atoms with E-state index in [0.29, 0.717) is 29.3 Å². The van der Waals surface area contributed by atoms with Gasteiger partial charge >= 0.3 is 0 Å². The third-order valence-corrected chi connectivity index (χ3v) is 3.81. The maximum Gasteiger partial charge on any atom is 0.279 e. The molecule has 2 aliphatic rings. The Morgan fingerprint density at radius 3 is 2.74 bits per heavy atom. The van der Waals surface area contributed by atoms with E-state index in [1.165, 1.54) is 4.68 Å². The number of benzene rings is 2. The molecule has 0 N–H and O–H groups in total. The molecular weight excluding hydrogens is 292 g/mol. The fourth-order valence-electron chi connectivity index (χ4n) is 2.67. The number of rotatable bonds is 3. The molecule has 0 saturated heterocycles. The predicted octanol–water partition coefficient (Wildman–Crippen LogP) is 3.15. The van der Waals surface area contributed by atoms with E-state index in [2.05, 4.69) is 5.10 Å². The molecule has 2 aliphatic heterocycles. The van der Waals surface area contributed by atoms with Crippen LogP contribution in [0.15, 0.2) is 63.8 Å². The van der Waals surface area contributed by atoms with Gasteiger partial charge in [-0.05, 0) is 17.7 Å². The summed E-state index contributed by atoms with van der Waals surface area (Å²) in [5.74, 6) is 0.942. The van der Waals surface area contributed by atoms with Gasteiger partial charge in [-0.3, -0.25) is 4.79 Å². The van der Waals surface area contributed by atoms with Crippen molar-refractivity contribution < 1.29 is 9.15 Å². The molecule has 2 aromatic carbocycles. The van der Waals surface area contributed by atoms with Crippen LogP contribution in [0.5, 0.6) is 5.75 Å². The molecule has 114 valence electrons. The summed E-state index contributed by atoms with van der Waals surface area (Å²) in [6, 6.07) is 17.1. The Labute approximate surface area is 132 Å². The molecule has 5 nitrogen and oxygen atoms in total. The molecule has 4 rings (SSSR count). The zero-order chi connectivity index (χ0) is 15.8. The van der Waals surface area contributed by atoms with Crippen LogP contribution >= 0.6 is 0 Å². The monoisotopic (exact) mass is 306 g/mol. The van der Waals surface area contributed by atoms with Gasteiger partial charge in [0.1, 0.15) is 5.56 Å². The first kappa shape index (κ1) is 13.6. The third-order valence-electron chi connectivity index (χ3n) is 3.81. The highest BCUT2D eigenvalue weighted by Crippen LogP contribution is 2.30. The lowest BCUT2D eigenvalue weighted by Gasteiger charge is -2.04. The van der Waals surface area contributed by atoms with Crippen LogP contribution in [0, 0.1) is 0 Å². The summed E-state index contributed by atoms with van der Waals surface area (Å²) in [7, 11) is 1.58. The lowest BCUT2D eigenvalue weighted by Crippen LogP contribution is -2.17. The van der Waals surface area contributed by atoms with Gasteiger partial charge in [0.05, 0.1) is 13.7 Å². The summed E-state index contributed by atoms with van der Waals surface area (Å²) in [5, 5.41) is 5.13. The highest BCUT2D eigenvalue weighted by Gasteiger charge is 2.19. The summed E-state index contributed by atoms with van der Waals surface area (Å²) in [4.78, 5) is 12.5. The minimum atomic E-state index is -0.155. The summed E-state index contributed by atoms with van der Waals surface area (Å²) in [6.45, 7) is 0.414. The summed E-state index contributed by atoms with van der Waals surface area (Å²) in [5.41, 5.74) is 1.92. The number of aromatic nitrogens is 2. The number of nitrogens with zero attached hydrogens (tertiary/aromatic N) is 2. The standard InChI is InChI=1S/C18H14N2O3/c1-22-15-9-5-8-13-10-14-17(23-16(13)15)19-20(18(14)21)11-12-6-3-2-4-7-12/h2-10H,11H2,1H3. The maximum atomic E-state index is 12.5. The van der Waals surface area contributed by atoms with Crippen LogP contribution in [0.4, 0.5) is 0 Å². The SMILES string of the molecule is COc1cccc2cc3c(=O)n(Cc4ccccc4)nc-3oc12. The van der Waals surface area contributed by atoms with E-state index < -0.39 is 0 Å². The predicted molar refractivity (Wildman–Crippen MR) is 87.0 cm³/mol. The third kappa shape index (κ3) is 2.26. The van der Waals surface area contributed by atoms with Crippen molar-refractivity contribution in [3.05, 3.63) is 70.5 Å². The van der Waals surface area contributed by atoms with Gasteiger partial charge in [0.2, 0.25) is 5.89 Å². The first-order valence-electron chi connectivity index (χ1n) is 7.27. The molecule has 0 atom stereocenters. The van der Waals surface area contributed by atoms with Gasteiger partial charge in [-0.2, -0.15) is 0 Å². The molecule has 0 fully saturated rings. The van der Waals surface area contributed by atoms with Crippen LogP contribution in [0.25, 0.3) is 22.4 Å². The first-order chi connectivity index (χ1) is 11.3. The van der Waals surface area contributed by atoms with E-state index in [4.69, 9.17) is 9.15 Å². The molecule has 2 heterocycles. The van der Waals surface area contributed by atoms with Gasteiger partial charge < -0.3 is 9.15 Å². The minimum absolute atomic E-state index is 0.155. The van der Waals surface area contributed by atoms with Crippen molar-refractivity contribution in [3.63, 3.8) is 0 Å². The number of methoxy groups -OCH3 is 1. The smallest absolute Gasteiger partial charge is 0.279 e. The highest BCUT2D eigenvalue weighted by atomic mass is 16.5. The van der Waals surface area contributed by atoms with Crippen molar-refractivity contribution in [1.82, 2.24) is 9.78 Å². The quantitative estimate of drug-likeness (QED) is 0.583. The van der Waals surface area contributed by atoms with Gasteiger partial charge in [-0.25, -0.2) is 4.68 Å². The first-order valence-corrected chi connectivity index (χ1v) is 7.27. The van der Waals surface area contributed by atoms with Crippen molar-refractivity contribution in [2.45, 2.75) is 6.54 Å². The molecule has 23 heavy (non-hydrogen) atoms. The van der Waals surface area contributed by atoms with Gasteiger partial charge in [0.25, 0.3) is 5.56 Å². The molecule has 0 saturated carbocycles. The topological polar surface area (TPSA) is 57.3 Å². The van der Waals surface area contributed by atoms with E-state index >= 15 is 0 Å². The normalized spacial score (nSPS) is 11.2. The molecule has 5 heteroatoms. The zero-order valence-corrected chi connectivity index (χ0v) is 12.5. The Morgan fingerprint density at radius 1 is 1.13 bits per heavy atom. The van der Waals surface area contributed by atoms with Crippen LogP contribution in [0.1, 0.15) is 5.56 Å². The molecule has 0 bridgehead atoms. The van der Waals surface area contributed by atoms with Crippen molar-refractivity contribution >= 4 is 11.0 Å². The van der Waals surface area contributed by atoms with Crippen molar-refractivity contribution in [1.29, 1.82) is 0 Å². The second-order valence-electron chi connectivity index (χ2n) is 5.29. The van der Waals surface area contributed by atoms with Gasteiger partial charge in [-0.1, -0.05) is 42.5 Å². The number of hydrogen-bond donors (Lipinski definition) is 0. The Hall–Kier alpha value is -3.08. The summed E-state index contributed by atoms with van der Waals surface area (Å²) < 4.78 is 12.5. The number of hydrogen-bond acceptors (Lipinski definition) is 4. The number of fused-ring (bicyclic) bond motifs is 2. The largest absolute Gasteiger partial charge is 0.493 e. The lowest BCUT2D eigenvalue weighted by atomic mass is 10.1. The number of para-hydroxylation sites is 1. The molecule has 0 spiro atoms. The number of ether oxygens (including phenoxy) is 1. The molecular formula is C18H14N2O3. The van der Waals surface area contributed by atoms with Crippen molar-refractivity contribution in [2.75, 3.05) is 7.11 Å². The zero-order valence-electron chi connectivity index (χ0n) is 12.5. The van der Waals surface area contributed by atoms with Gasteiger partial charge in [0, 0.05) is 5.39 Å².